The molecule has 0 aliphatic carbocycles. The minimum atomic E-state index is 0.649. The quantitative estimate of drug-likeness (QED) is 0.802. The summed E-state index contributed by atoms with van der Waals surface area (Å²) < 4.78 is 2.23. The summed E-state index contributed by atoms with van der Waals surface area (Å²) in [5.41, 5.74) is 1.09. The van der Waals surface area contributed by atoms with Gasteiger partial charge in [0.05, 0.1) is 5.69 Å². The summed E-state index contributed by atoms with van der Waals surface area (Å²) in [6.07, 6.45) is 3.33. The van der Waals surface area contributed by atoms with Gasteiger partial charge in [-0.05, 0) is 25.2 Å². The predicted octanol–water partition coefficient (Wildman–Crippen LogP) is 3.31. The van der Waals surface area contributed by atoms with Gasteiger partial charge in [0.2, 0.25) is 5.95 Å². The molecule has 0 saturated heterocycles. The molecule has 1 heterocycles. The van der Waals surface area contributed by atoms with E-state index < -0.39 is 0 Å². The lowest BCUT2D eigenvalue weighted by molar-refractivity contribution is 0.517. The fourth-order valence-electron chi connectivity index (χ4n) is 1.55. The van der Waals surface area contributed by atoms with Crippen molar-refractivity contribution in [3.63, 3.8) is 0 Å². The Labute approximate surface area is 99.3 Å². The maximum absolute atomic E-state index is 4.51. The first-order valence-corrected chi connectivity index (χ1v) is 6.26. The standard InChI is InChI=1S/C13H25N3/c1-10(2)6-7-16-9-12(5)15-13(16)14-8-11(3)4/h9-11H,6-8H2,1-5H3,(H,14,15). The van der Waals surface area contributed by atoms with E-state index in [-0.39, 0.29) is 0 Å². The molecule has 1 rings (SSSR count). The van der Waals surface area contributed by atoms with E-state index in [1.165, 1.54) is 6.42 Å². The number of aromatic nitrogens is 2. The van der Waals surface area contributed by atoms with E-state index in [9.17, 15) is 0 Å². The maximum Gasteiger partial charge on any atom is 0.203 e. The van der Waals surface area contributed by atoms with Gasteiger partial charge in [-0.25, -0.2) is 4.98 Å². The van der Waals surface area contributed by atoms with Crippen LogP contribution in [0.2, 0.25) is 0 Å². The zero-order valence-electron chi connectivity index (χ0n) is 11.2. The Morgan fingerprint density at radius 1 is 1.25 bits per heavy atom. The summed E-state index contributed by atoms with van der Waals surface area (Å²) in [6, 6.07) is 0. The van der Waals surface area contributed by atoms with Crippen molar-refractivity contribution < 1.29 is 0 Å². The lowest BCUT2D eigenvalue weighted by Gasteiger charge is -2.12. The first-order valence-electron chi connectivity index (χ1n) is 6.26. The lowest BCUT2D eigenvalue weighted by Crippen LogP contribution is -2.13. The molecule has 0 aliphatic heterocycles. The summed E-state index contributed by atoms with van der Waals surface area (Å²) in [4.78, 5) is 4.51. The molecule has 0 amide bonds. The predicted molar refractivity (Wildman–Crippen MR) is 69.7 cm³/mol. The molecule has 0 bridgehead atoms. The molecule has 0 saturated carbocycles. The van der Waals surface area contributed by atoms with Gasteiger partial charge in [0.1, 0.15) is 0 Å². The molecule has 1 N–H and O–H groups in total. The van der Waals surface area contributed by atoms with Crippen LogP contribution in [-0.4, -0.2) is 16.1 Å². The van der Waals surface area contributed by atoms with E-state index in [1.807, 2.05) is 6.92 Å². The Morgan fingerprint density at radius 3 is 2.50 bits per heavy atom. The first kappa shape index (κ1) is 13.1. The first-order chi connectivity index (χ1) is 7.49. The highest BCUT2D eigenvalue weighted by Crippen LogP contribution is 2.12. The molecule has 0 atom stereocenters. The van der Waals surface area contributed by atoms with Crippen molar-refractivity contribution in [2.75, 3.05) is 11.9 Å². The largest absolute Gasteiger partial charge is 0.355 e. The van der Waals surface area contributed by atoms with E-state index in [1.54, 1.807) is 0 Å². The molecule has 1 aromatic rings. The van der Waals surface area contributed by atoms with Gasteiger partial charge in [0, 0.05) is 19.3 Å². The van der Waals surface area contributed by atoms with Crippen LogP contribution >= 0.6 is 0 Å². The fraction of sp³-hybridized carbons (Fsp3) is 0.769. The third-order valence-electron chi connectivity index (χ3n) is 2.51. The number of nitrogens with one attached hydrogen (secondary N) is 1. The van der Waals surface area contributed by atoms with Crippen molar-refractivity contribution in [1.82, 2.24) is 9.55 Å². The van der Waals surface area contributed by atoms with Crippen molar-refractivity contribution in [1.29, 1.82) is 0 Å². The van der Waals surface area contributed by atoms with Crippen molar-refractivity contribution in [2.45, 2.75) is 47.6 Å². The Morgan fingerprint density at radius 2 is 1.94 bits per heavy atom. The van der Waals surface area contributed by atoms with Crippen LogP contribution in [0.1, 0.15) is 39.8 Å². The summed E-state index contributed by atoms with van der Waals surface area (Å²) in [7, 11) is 0. The zero-order chi connectivity index (χ0) is 12.1. The minimum Gasteiger partial charge on any atom is -0.355 e. The van der Waals surface area contributed by atoms with Crippen LogP contribution in [0.15, 0.2) is 6.20 Å². The lowest BCUT2D eigenvalue weighted by atomic mass is 10.1. The molecule has 16 heavy (non-hydrogen) atoms. The van der Waals surface area contributed by atoms with E-state index in [2.05, 4.69) is 48.8 Å². The molecule has 92 valence electrons. The number of rotatable bonds is 6. The monoisotopic (exact) mass is 223 g/mol. The second kappa shape index (κ2) is 5.92. The van der Waals surface area contributed by atoms with E-state index in [0.717, 1.165) is 30.6 Å². The van der Waals surface area contributed by atoms with Crippen LogP contribution < -0.4 is 5.32 Å². The Kier molecular flexibility index (Phi) is 4.84. The Bertz CT molecular complexity index is 283. The fourth-order valence-corrected chi connectivity index (χ4v) is 1.55. The topological polar surface area (TPSA) is 29.9 Å². The average Bonchev–Trinajstić information content (AvgIpc) is 2.52. The molecule has 3 nitrogen and oxygen atoms in total. The SMILES string of the molecule is Cc1cn(CCC(C)C)c(NCC(C)C)n1. The summed E-state index contributed by atoms with van der Waals surface area (Å²) >= 11 is 0. The van der Waals surface area contributed by atoms with Gasteiger partial charge in [-0.2, -0.15) is 0 Å². The number of hydrogen-bond acceptors (Lipinski definition) is 2. The zero-order valence-corrected chi connectivity index (χ0v) is 11.2. The van der Waals surface area contributed by atoms with Crippen LogP contribution in [0, 0.1) is 18.8 Å². The molecule has 0 spiro atoms. The van der Waals surface area contributed by atoms with Crippen molar-refractivity contribution in [3.8, 4) is 0 Å². The molecule has 0 aromatic carbocycles. The number of imidazole rings is 1. The van der Waals surface area contributed by atoms with Crippen LogP contribution in [0.4, 0.5) is 5.95 Å². The number of hydrogen-bond donors (Lipinski definition) is 1. The molecule has 0 radical (unpaired) electrons. The third kappa shape index (κ3) is 4.25. The highest BCUT2D eigenvalue weighted by Gasteiger charge is 2.06. The number of aryl methyl sites for hydroxylation is 2. The van der Waals surface area contributed by atoms with Crippen molar-refractivity contribution in [2.24, 2.45) is 11.8 Å². The van der Waals surface area contributed by atoms with E-state index in [4.69, 9.17) is 0 Å². The van der Waals surface area contributed by atoms with Crippen molar-refractivity contribution >= 4 is 5.95 Å². The van der Waals surface area contributed by atoms with Crippen molar-refractivity contribution in [3.05, 3.63) is 11.9 Å². The van der Waals surface area contributed by atoms with Gasteiger partial charge in [0.25, 0.3) is 0 Å². The molecule has 0 unspecified atom stereocenters. The highest BCUT2D eigenvalue weighted by atomic mass is 15.2. The molecular weight excluding hydrogens is 198 g/mol. The Hall–Kier alpha value is -0.990. The third-order valence-corrected chi connectivity index (χ3v) is 2.51. The maximum atomic E-state index is 4.51. The van der Waals surface area contributed by atoms with E-state index in [0.29, 0.717) is 5.92 Å². The van der Waals surface area contributed by atoms with Gasteiger partial charge in [-0.3, -0.25) is 0 Å². The number of anilines is 1. The molecule has 1 aromatic heterocycles. The second-order valence-corrected chi connectivity index (χ2v) is 5.36. The summed E-state index contributed by atoms with van der Waals surface area (Å²) in [6.45, 7) is 13.0. The molecular formula is C13H25N3. The minimum absolute atomic E-state index is 0.649. The summed E-state index contributed by atoms with van der Waals surface area (Å²) in [5.74, 6) is 2.41. The summed E-state index contributed by atoms with van der Waals surface area (Å²) in [5, 5.41) is 3.41. The molecule has 0 fully saturated rings. The van der Waals surface area contributed by atoms with Gasteiger partial charge in [0.15, 0.2) is 0 Å². The molecule has 3 heteroatoms. The van der Waals surface area contributed by atoms with Crippen LogP contribution in [-0.2, 0) is 6.54 Å². The van der Waals surface area contributed by atoms with Gasteiger partial charge >= 0.3 is 0 Å². The molecule has 0 aliphatic rings. The smallest absolute Gasteiger partial charge is 0.203 e. The average molecular weight is 223 g/mol. The van der Waals surface area contributed by atoms with Gasteiger partial charge in [-0.1, -0.05) is 27.7 Å². The highest BCUT2D eigenvalue weighted by molar-refractivity contribution is 5.28. The van der Waals surface area contributed by atoms with Crippen LogP contribution in [0.5, 0.6) is 0 Å². The van der Waals surface area contributed by atoms with Gasteiger partial charge < -0.3 is 9.88 Å². The number of nitrogens with zero attached hydrogens (tertiary/aromatic N) is 2. The van der Waals surface area contributed by atoms with E-state index >= 15 is 0 Å². The van der Waals surface area contributed by atoms with Crippen LogP contribution in [0.3, 0.4) is 0 Å². The Balaban J connectivity index is 2.60. The normalized spacial score (nSPS) is 11.4. The van der Waals surface area contributed by atoms with Gasteiger partial charge in [-0.15, -0.1) is 0 Å². The second-order valence-electron chi connectivity index (χ2n) is 5.36. The van der Waals surface area contributed by atoms with Crippen LogP contribution in [0.25, 0.3) is 0 Å².